The van der Waals surface area contributed by atoms with Gasteiger partial charge in [-0.05, 0) is 37.5 Å². The van der Waals surface area contributed by atoms with Crippen molar-refractivity contribution in [3.63, 3.8) is 0 Å². The Bertz CT molecular complexity index is 746. The van der Waals surface area contributed by atoms with Crippen LogP contribution in [0.3, 0.4) is 0 Å². The molecule has 6 heteroatoms. The SMILES string of the molecule is CCc1ccc(C(c2ccc(F)cc2F)N2CCCC2C(=O)O)s1. The van der Waals surface area contributed by atoms with Crippen LogP contribution in [0.25, 0.3) is 0 Å². The molecule has 0 radical (unpaired) electrons. The summed E-state index contributed by atoms with van der Waals surface area (Å²) >= 11 is 1.55. The lowest BCUT2D eigenvalue weighted by atomic mass is 10.0. The number of halogens is 2. The summed E-state index contributed by atoms with van der Waals surface area (Å²) < 4.78 is 27.8. The highest BCUT2D eigenvalue weighted by Crippen LogP contribution is 2.39. The van der Waals surface area contributed by atoms with E-state index in [0.29, 0.717) is 18.5 Å². The number of carboxylic acid groups (broad SMARTS) is 1. The summed E-state index contributed by atoms with van der Waals surface area (Å²) in [4.78, 5) is 15.5. The summed E-state index contributed by atoms with van der Waals surface area (Å²) in [6.07, 6.45) is 2.16. The molecule has 2 atom stereocenters. The minimum atomic E-state index is -0.896. The average Bonchev–Trinajstić information content (AvgIpc) is 3.19. The number of rotatable bonds is 5. The first-order valence-electron chi connectivity index (χ1n) is 8.03. The number of thiophene rings is 1. The molecule has 24 heavy (non-hydrogen) atoms. The molecule has 0 aliphatic carbocycles. The maximum atomic E-state index is 14.4. The van der Waals surface area contributed by atoms with E-state index in [4.69, 9.17) is 0 Å². The van der Waals surface area contributed by atoms with E-state index in [0.717, 1.165) is 28.7 Å². The van der Waals surface area contributed by atoms with Crippen molar-refractivity contribution in [2.24, 2.45) is 0 Å². The molecule has 1 N–H and O–H groups in total. The van der Waals surface area contributed by atoms with Crippen LogP contribution in [0.4, 0.5) is 8.78 Å². The number of nitrogens with zero attached hydrogens (tertiary/aromatic N) is 1. The summed E-state index contributed by atoms with van der Waals surface area (Å²) in [5.74, 6) is -2.17. The van der Waals surface area contributed by atoms with E-state index in [1.165, 1.54) is 12.1 Å². The number of benzene rings is 1. The molecular formula is C18H19F2NO2S. The van der Waals surface area contributed by atoms with Crippen LogP contribution in [0, 0.1) is 11.6 Å². The van der Waals surface area contributed by atoms with Crippen LogP contribution in [0.15, 0.2) is 30.3 Å². The fraction of sp³-hybridized carbons (Fsp3) is 0.389. The largest absolute Gasteiger partial charge is 0.480 e. The molecule has 2 unspecified atom stereocenters. The summed E-state index contributed by atoms with van der Waals surface area (Å²) in [6, 6.07) is 6.28. The Morgan fingerprint density at radius 1 is 1.38 bits per heavy atom. The number of aliphatic carboxylic acids is 1. The Labute approximate surface area is 143 Å². The first-order chi connectivity index (χ1) is 11.5. The lowest BCUT2D eigenvalue weighted by molar-refractivity contribution is -0.142. The highest BCUT2D eigenvalue weighted by atomic mass is 32.1. The third-order valence-corrected chi connectivity index (χ3v) is 5.75. The lowest BCUT2D eigenvalue weighted by Crippen LogP contribution is -2.39. The molecule has 0 bridgehead atoms. The number of carboxylic acids is 1. The van der Waals surface area contributed by atoms with Gasteiger partial charge in [0, 0.05) is 27.9 Å². The van der Waals surface area contributed by atoms with Gasteiger partial charge in [0.1, 0.15) is 17.7 Å². The van der Waals surface area contributed by atoms with Crippen LogP contribution in [0.2, 0.25) is 0 Å². The third kappa shape index (κ3) is 3.21. The van der Waals surface area contributed by atoms with Gasteiger partial charge < -0.3 is 5.11 Å². The van der Waals surface area contributed by atoms with Crippen LogP contribution in [-0.2, 0) is 11.2 Å². The molecule has 3 nitrogen and oxygen atoms in total. The van der Waals surface area contributed by atoms with Crippen molar-refractivity contribution in [1.82, 2.24) is 4.90 Å². The molecule has 0 spiro atoms. The van der Waals surface area contributed by atoms with Gasteiger partial charge >= 0.3 is 5.97 Å². The standard InChI is InChI=1S/C18H19F2NO2S/c1-2-12-6-8-16(24-12)17(13-7-5-11(19)10-14(13)20)21-9-3-4-15(21)18(22)23/h5-8,10,15,17H,2-4,9H2,1H3,(H,22,23). The van der Waals surface area contributed by atoms with Gasteiger partial charge in [0.15, 0.2) is 0 Å². The molecule has 2 heterocycles. The molecule has 1 aliphatic rings. The fourth-order valence-corrected chi connectivity index (χ4v) is 4.41. The number of aryl methyl sites for hydroxylation is 1. The van der Waals surface area contributed by atoms with Crippen molar-refractivity contribution in [3.8, 4) is 0 Å². The number of hydrogen-bond donors (Lipinski definition) is 1. The molecular weight excluding hydrogens is 332 g/mol. The molecule has 128 valence electrons. The summed E-state index contributed by atoms with van der Waals surface area (Å²) in [5.41, 5.74) is 0.328. The molecule has 1 aliphatic heterocycles. The smallest absolute Gasteiger partial charge is 0.320 e. The highest BCUT2D eigenvalue weighted by molar-refractivity contribution is 7.12. The second-order valence-corrected chi connectivity index (χ2v) is 7.16. The predicted octanol–water partition coefficient (Wildman–Crippen LogP) is 4.23. The van der Waals surface area contributed by atoms with E-state index < -0.39 is 29.7 Å². The summed E-state index contributed by atoms with van der Waals surface area (Å²) in [6.45, 7) is 2.62. The van der Waals surface area contributed by atoms with Crippen LogP contribution in [0.1, 0.15) is 41.1 Å². The molecule has 2 aromatic rings. The van der Waals surface area contributed by atoms with Crippen LogP contribution in [-0.4, -0.2) is 28.6 Å². The molecule has 0 amide bonds. The van der Waals surface area contributed by atoms with Crippen LogP contribution >= 0.6 is 11.3 Å². The minimum Gasteiger partial charge on any atom is -0.480 e. The zero-order valence-electron chi connectivity index (χ0n) is 13.3. The Morgan fingerprint density at radius 2 is 2.17 bits per heavy atom. The fourth-order valence-electron chi connectivity index (χ4n) is 3.31. The number of carbonyl (C=O) groups is 1. The summed E-state index contributed by atoms with van der Waals surface area (Å²) in [7, 11) is 0. The average molecular weight is 351 g/mol. The van der Waals surface area contributed by atoms with Gasteiger partial charge in [0.25, 0.3) is 0 Å². The van der Waals surface area contributed by atoms with E-state index in [1.807, 2.05) is 24.0 Å². The van der Waals surface area contributed by atoms with Gasteiger partial charge in [-0.25, -0.2) is 8.78 Å². The molecule has 1 fully saturated rings. The Balaban J connectivity index is 2.08. The van der Waals surface area contributed by atoms with E-state index >= 15 is 0 Å². The zero-order chi connectivity index (χ0) is 17.3. The first kappa shape index (κ1) is 17.0. The monoisotopic (exact) mass is 351 g/mol. The minimum absolute atomic E-state index is 0.328. The molecule has 1 aromatic carbocycles. The van der Waals surface area contributed by atoms with E-state index in [9.17, 15) is 18.7 Å². The van der Waals surface area contributed by atoms with Gasteiger partial charge in [-0.2, -0.15) is 0 Å². The molecule has 1 aromatic heterocycles. The predicted molar refractivity (Wildman–Crippen MR) is 89.3 cm³/mol. The van der Waals surface area contributed by atoms with Gasteiger partial charge in [-0.1, -0.05) is 13.0 Å². The van der Waals surface area contributed by atoms with Crippen molar-refractivity contribution in [2.75, 3.05) is 6.54 Å². The van der Waals surface area contributed by atoms with Crippen LogP contribution in [0.5, 0.6) is 0 Å². The van der Waals surface area contributed by atoms with E-state index in [-0.39, 0.29) is 0 Å². The van der Waals surface area contributed by atoms with E-state index in [2.05, 4.69) is 0 Å². The van der Waals surface area contributed by atoms with Gasteiger partial charge in [0.05, 0.1) is 6.04 Å². The second kappa shape index (κ2) is 6.99. The van der Waals surface area contributed by atoms with Crippen molar-refractivity contribution < 1.29 is 18.7 Å². The van der Waals surface area contributed by atoms with Crippen LogP contribution < -0.4 is 0 Å². The van der Waals surface area contributed by atoms with Crippen molar-refractivity contribution in [2.45, 2.75) is 38.3 Å². The Kier molecular flexibility index (Phi) is 4.96. The second-order valence-electron chi connectivity index (χ2n) is 5.96. The zero-order valence-corrected chi connectivity index (χ0v) is 14.2. The van der Waals surface area contributed by atoms with Gasteiger partial charge in [-0.3, -0.25) is 9.69 Å². The molecule has 1 saturated heterocycles. The van der Waals surface area contributed by atoms with E-state index in [1.54, 1.807) is 11.3 Å². The molecule has 0 saturated carbocycles. The Hall–Kier alpha value is -1.79. The first-order valence-corrected chi connectivity index (χ1v) is 8.85. The van der Waals surface area contributed by atoms with Crippen molar-refractivity contribution in [1.29, 1.82) is 0 Å². The summed E-state index contributed by atoms with van der Waals surface area (Å²) in [5, 5.41) is 9.50. The maximum absolute atomic E-state index is 14.4. The highest BCUT2D eigenvalue weighted by Gasteiger charge is 2.38. The topological polar surface area (TPSA) is 40.5 Å². The van der Waals surface area contributed by atoms with Gasteiger partial charge in [-0.15, -0.1) is 11.3 Å². The number of likely N-dealkylation sites (tertiary alicyclic amines) is 1. The maximum Gasteiger partial charge on any atom is 0.320 e. The molecule has 3 rings (SSSR count). The van der Waals surface area contributed by atoms with Crippen molar-refractivity contribution >= 4 is 17.3 Å². The number of hydrogen-bond acceptors (Lipinski definition) is 3. The van der Waals surface area contributed by atoms with Crippen molar-refractivity contribution in [3.05, 3.63) is 57.3 Å². The lowest BCUT2D eigenvalue weighted by Gasteiger charge is -2.31. The third-order valence-electron chi connectivity index (χ3n) is 4.47. The van der Waals surface area contributed by atoms with Gasteiger partial charge in [0.2, 0.25) is 0 Å². The Morgan fingerprint density at radius 3 is 2.79 bits per heavy atom. The quantitative estimate of drug-likeness (QED) is 0.876. The normalized spacial score (nSPS) is 19.5.